The van der Waals surface area contributed by atoms with Crippen LogP contribution in [0.25, 0.3) is 0 Å². The molecule has 5 nitrogen and oxygen atoms in total. The molecule has 2 rings (SSSR count). The van der Waals surface area contributed by atoms with Crippen molar-refractivity contribution in [2.45, 2.75) is 53.1 Å². The van der Waals surface area contributed by atoms with Crippen LogP contribution in [-0.4, -0.2) is 40.9 Å². The molecule has 124 valence electrons. The maximum Gasteiger partial charge on any atom is 0.223 e. The number of anilines is 1. The Morgan fingerprint density at radius 3 is 2.41 bits per heavy atom. The molecular formula is C17H29N3O2. The van der Waals surface area contributed by atoms with Gasteiger partial charge >= 0.3 is 0 Å². The van der Waals surface area contributed by atoms with Crippen LogP contribution in [0.2, 0.25) is 0 Å². The van der Waals surface area contributed by atoms with Crippen molar-refractivity contribution in [1.29, 1.82) is 0 Å². The van der Waals surface area contributed by atoms with Crippen molar-refractivity contribution < 1.29 is 9.84 Å². The predicted molar refractivity (Wildman–Crippen MR) is 88.1 cm³/mol. The molecule has 0 radical (unpaired) electrons. The number of ether oxygens (including phenoxy) is 1. The first-order valence-corrected chi connectivity index (χ1v) is 8.29. The number of nitrogens with zero attached hydrogens (tertiary/aromatic N) is 2. The number of aromatic nitrogens is 2. The summed E-state index contributed by atoms with van der Waals surface area (Å²) in [4.78, 5) is 9.01. The summed E-state index contributed by atoms with van der Waals surface area (Å²) in [6.07, 6.45) is 3.00. The molecule has 22 heavy (non-hydrogen) atoms. The van der Waals surface area contributed by atoms with Crippen LogP contribution in [0.4, 0.5) is 5.95 Å². The summed E-state index contributed by atoms with van der Waals surface area (Å²) in [7, 11) is 0. The summed E-state index contributed by atoms with van der Waals surface area (Å²) in [6, 6.07) is 0. The quantitative estimate of drug-likeness (QED) is 0.733. The average molecular weight is 307 g/mol. The highest BCUT2D eigenvalue weighted by Gasteiger charge is 2.21. The summed E-state index contributed by atoms with van der Waals surface area (Å²) in [5, 5.41) is 13.0. The highest BCUT2D eigenvalue weighted by Crippen LogP contribution is 2.28. The van der Waals surface area contributed by atoms with E-state index in [1.165, 1.54) is 18.4 Å². The highest BCUT2D eigenvalue weighted by atomic mass is 16.5. The molecule has 0 amide bonds. The van der Waals surface area contributed by atoms with Gasteiger partial charge in [-0.05, 0) is 50.5 Å². The number of hydrogen-bond acceptors (Lipinski definition) is 5. The number of aliphatic hydroxyl groups excluding tert-OH is 1. The van der Waals surface area contributed by atoms with Gasteiger partial charge in [-0.25, -0.2) is 9.97 Å². The van der Waals surface area contributed by atoms with E-state index < -0.39 is 6.10 Å². The highest BCUT2D eigenvalue weighted by molar-refractivity contribution is 5.34. The molecule has 1 heterocycles. The normalized spacial score (nSPS) is 16.1. The van der Waals surface area contributed by atoms with Crippen LogP contribution in [-0.2, 0) is 11.2 Å². The minimum atomic E-state index is -0.529. The lowest BCUT2D eigenvalue weighted by atomic mass is 10.0. The second-order valence-electron chi connectivity index (χ2n) is 6.81. The molecule has 0 aromatic carbocycles. The van der Waals surface area contributed by atoms with Crippen LogP contribution in [0.3, 0.4) is 0 Å². The number of nitrogens with one attached hydrogen (secondary N) is 1. The molecule has 1 aromatic rings. The fourth-order valence-corrected chi connectivity index (χ4v) is 2.45. The first-order chi connectivity index (χ1) is 10.5. The lowest BCUT2D eigenvalue weighted by Gasteiger charge is -2.15. The van der Waals surface area contributed by atoms with Gasteiger partial charge in [-0.2, -0.15) is 0 Å². The number of aryl methyl sites for hydroxylation is 2. The van der Waals surface area contributed by atoms with Gasteiger partial charge in [0.05, 0.1) is 12.7 Å². The summed E-state index contributed by atoms with van der Waals surface area (Å²) in [6.45, 7) is 9.99. The fraction of sp³-hybridized carbons (Fsp3) is 0.765. The summed E-state index contributed by atoms with van der Waals surface area (Å²) < 4.78 is 5.49. The van der Waals surface area contributed by atoms with Crippen molar-refractivity contribution in [1.82, 2.24) is 9.97 Å². The van der Waals surface area contributed by atoms with E-state index >= 15 is 0 Å². The van der Waals surface area contributed by atoms with E-state index in [0.717, 1.165) is 30.3 Å². The monoisotopic (exact) mass is 307 g/mol. The first kappa shape index (κ1) is 17.2. The lowest BCUT2D eigenvalue weighted by molar-refractivity contribution is 0.0385. The van der Waals surface area contributed by atoms with Gasteiger partial charge in [0.2, 0.25) is 5.95 Å². The zero-order valence-electron chi connectivity index (χ0n) is 14.2. The second-order valence-corrected chi connectivity index (χ2v) is 6.81. The van der Waals surface area contributed by atoms with E-state index in [1.54, 1.807) is 0 Å². The van der Waals surface area contributed by atoms with Gasteiger partial charge < -0.3 is 15.2 Å². The molecule has 1 fully saturated rings. The Labute approximate surface area is 133 Å². The number of rotatable bonds is 9. The first-order valence-electron chi connectivity index (χ1n) is 8.29. The van der Waals surface area contributed by atoms with Crippen molar-refractivity contribution in [3.63, 3.8) is 0 Å². The summed E-state index contributed by atoms with van der Waals surface area (Å²) in [5.74, 6) is 1.90. The average Bonchev–Trinajstić information content (AvgIpc) is 3.24. The van der Waals surface area contributed by atoms with Crippen LogP contribution in [0.15, 0.2) is 0 Å². The van der Waals surface area contributed by atoms with E-state index in [2.05, 4.69) is 29.1 Å². The number of hydrogen-bond donors (Lipinski definition) is 2. The molecule has 5 heteroatoms. The van der Waals surface area contributed by atoms with Gasteiger partial charge in [0.25, 0.3) is 0 Å². The van der Waals surface area contributed by atoms with E-state index in [1.807, 2.05) is 13.8 Å². The van der Waals surface area contributed by atoms with Crippen LogP contribution in [0.1, 0.15) is 43.6 Å². The van der Waals surface area contributed by atoms with Gasteiger partial charge in [0, 0.05) is 24.5 Å². The van der Waals surface area contributed by atoms with E-state index in [9.17, 15) is 5.11 Å². The van der Waals surface area contributed by atoms with Crippen LogP contribution in [0.5, 0.6) is 0 Å². The van der Waals surface area contributed by atoms with Crippen molar-refractivity contribution in [2.24, 2.45) is 11.8 Å². The fourth-order valence-electron chi connectivity index (χ4n) is 2.45. The maximum atomic E-state index is 9.91. The van der Waals surface area contributed by atoms with E-state index in [4.69, 9.17) is 4.74 Å². The third-order valence-electron chi connectivity index (χ3n) is 3.89. The van der Waals surface area contributed by atoms with Gasteiger partial charge in [-0.3, -0.25) is 0 Å². The molecule has 1 aliphatic rings. The second kappa shape index (κ2) is 7.88. The van der Waals surface area contributed by atoms with E-state index in [0.29, 0.717) is 25.0 Å². The van der Waals surface area contributed by atoms with Crippen molar-refractivity contribution in [3.05, 3.63) is 17.0 Å². The maximum absolute atomic E-state index is 9.91. The molecule has 0 aliphatic heterocycles. The van der Waals surface area contributed by atoms with E-state index in [-0.39, 0.29) is 0 Å². The minimum Gasteiger partial charge on any atom is -0.389 e. The van der Waals surface area contributed by atoms with Crippen molar-refractivity contribution in [2.75, 3.05) is 25.1 Å². The van der Waals surface area contributed by atoms with Crippen molar-refractivity contribution >= 4 is 5.95 Å². The summed E-state index contributed by atoms with van der Waals surface area (Å²) >= 11 is 0. The zero-order valence-corrected chi connectivity index (χ0v) is 14.2. The Balaban J connectivity index is 1.81. The number of aliphatic hydroxyl groups is 1. The molecule has 0 bridgehead atoms. The van der Waals surface area contributed by atoms with Gasteiger partial charge in [-0.1, -0.05) is 13.8 Å². The molecule has 1 aliphatic carbocycles. The largest absolute Gasteiger partial charge is 0.389 e. The van der Waals surface area contributed by atoms with Crippen molar-refractivity contribution in [3.8, 4) is 0 Å². The summed E-state index contributed by atoms with van der Waals surface area (Å²) in [5.41, 5.74) is 3.26. The third-order valence-corrected chi connectivity index (χ3v) is 3.89. The molecule has 1 saturated carbocycles. The Kier molecular flexibility index (Phi) is 6.15. The Bertz CT molecular complexity index is 464. The van der Waals surface area contributed by atoms with Crippen LogP contribution >= 0.6 is 0 Å². The zero-order chi connectivity index (χ0) is 16.1. The Morgan fingerprint density at radius 1 is 1.23 bits per heavy atom. The smallest absolute Gasteiger partial charge is 0.223 e. The molecule has 2 N–H and O–H groups in total. The van der Waals surface area contributed by atoms with Crippen LogP contribution in [0, 0.1) is 25.7 Å². The Morgan fingerprint density at radius 2 is 1.86 bits per heavy atom. The minimum absolute atomic E-state index is 0.368. The topological polar surface area (TPSA) is 67.3 Å². The Hall–Kier alpha value is -1.20. The molecule has 1 unspecified atom stereocenters. The lowest BCUT2D eigenvalue weighted by Crippen LogP contribution is -2.26. The molecule has 0 spiro atoms. The standard InChI is InChI=1S/C17H29N3O2/c1-11(2)7-16-12(3)19-17(20-13(16)4)18-8-15(21)10-22-9-14-5-6-14/h11,14-15,21H,5-10H2,1-4H3,(H,18,19,20). The van der Waals surface area contributed by atoms with Gasteiger partial charge in [0.1, 0.15) is 0 Å². The molecular weight excluding hydrogens is 278 g/mol. The molecule has 1 atom stereocenters. The molecule has 0 saturated heterocycles. The SMILES string of the molecule is Cc1nc(NCC(O)COCC2CC2)nc(C)c1CC(C)C. The van der Waals surface area contributed by atoms with Gasteiger partial charge in [0.15, 0.2) is 0 Å². The van der Waals surface area contributed by atoms with Crippen LogP contribution < -0.4 is 5.32 Å². The predicted octanol–water partition coefficient (Wildman–Crippen LogP) is 2.49. The molecule has 1 aromatic heterocycles. The third kappa shape index (κ3) is 5.54. The van der Waals surface area contributed by atoms with Gasteiger partial charge in [-0.15, -0.1) is 0 Å².